The van der Waals surface area contributed by atoms with E-state index in [1.54, 1.807) is 30.3 Å². The van der Waals surface area contributed by atoms with Crippen LogP contribution in [-0.4, -0.2) is 105 Å². The van der Waals surface area contributed by atoms with Crippen molar-refractivity contribution in [1.29, 1.82) is 0 Å². The Morgan fingerprint density at radius 2 is 1.06 bits per heavy atom. The summed E-state index contributed by atoms with van der Waals surface area (Å²) in [6.45, 7) is 3.36. The van der Waals surface area contributed by atoms with Gasteiger partial charge in [0.1, 0.15) is 36.0 Å². The lowest BCUT2D eigenvalue weighted by Crippen LogP contribution is -2.60. The van der Waals surface area contributed by atoms with Crippen molar-refractivity contribution in [3.8, 4) is 5.75 Å². The van der Waals surface area contributed by atoms with Crippen LogP contribution in [0.25, 0.3) is 0 Å². The Kier molecular flexibility index (Phi) is 16.1. The van der Waals surface area contributed by atoms with E-state index in [2.05, 4.69) is 26.6 Å². The highest BCUT2D eigenvalue weighted by atomic mass is 16.4. The maximum absolute atomic E-state index is 13.4. The molecule has 0 saturated carbocycles. The minimum atomic E-state index is -1.60. The number of aliphatic carboxylic acids is 1. The number of hydrogen-bond donors (Lipinski definition) is 10. The highest BCUT2D eigenvalue weighted by molar-refractivity contribution is 5.96. The Hall–Kier alpha value is -5.06. The molecule has 0 aliphatic heterocycles. The van der Waals surface area contributed by atoms with Crippen molar-refractivity contribution < 1.29 is 49.2 Å². The first-order chi connectivity index (χ1) is 23.1. The minimum Gasteiger partial charge on any atom is -0.508 e. The largest absolute Gasteiger partial charge is 0.508 e. The number of rotatable bonds is 19. The molecule has 0 aliphatic carbocycles. The Labute approximate surface area is 283 Å². The second-order valence-corrected chi connectivity index (χ2v) is 12.0. The van der Waals surface area contributed by atoms with Crippen LogP contribution in [0.5, 0.6) is 5.75 Å². The summed E-state index contributed by atoms with van der Waals surface area (Å²) in [5, 5.41) is 50.6. The molecule has 49 heavy (non-hydrogen) atoms. The van der Waals surface area contributed by atoms with E-state index in [1.807, 2.05) is 13.8 Å². The van der Waals surface area contributed by atoms with Gasteiger partial charge < -0.3 is 52.7 Å². The van der Waals surface area contributed by atoms with E-state index in [-0.39, 0.29) is 24.5 Å². The van der Waals surface area contributed by atoms with Gasteiger partial charge in [-0.2, -0.15) is 0 Å². The zero-order valence-corrected chi connectivity index (χ0v) is 27.6. The maximum atomic E-state index is 13.4. The van der Waals surface area contributed by atoms with Crippen LogP contribution >= 0.6 is 0 Å². The number of hydrogen-bond acceptors (Lipinski definition) is 10. The molecular weight excluding hydrogens is 640 g/mol. The highest BCUT2D eigenvalue weighted by Crippen LogP contribution is 2.12. The predicted octanol–water partition coefficient (Wildman–Crippen LogP) is -1.94. The van der Waals surface area contributed by atoms with Gasteiger partial charge >= 0.3 is 5.97 Å². The molecule has 16 heteroatoms. The van der Waals surface area contributed by atoms with E-state index in [1.165, 1.54) is 31.2 Å². The number of benzene rings is 2. The molecule has 5 amide bonds. The molecule has 2 aromatic rings. The van der Waals surface area contributed by atoms with Crippen LogP contribution in [0.1, 0.15) is 38.3 Å². The Balaban J connectivity index is 2.13. The number of nitrogens with two attached hydrogens (primary N) is 1. The Morgan fingerprint density at radius 3 is 1.59 bits per heavy atom. The van der Waals surface area contributed by atoms with E-state index < -0.39 is 85.0 Å². The van der Waals surface area contributed by atoms with Crippen molar-refractivity contribution in [2.75, 3.05) is 13.2 Å². The zero-order chi connectivity index (χ0) is 36.7. The number of aliphatic hydroxyl groups is 2. The van der Waals surface area contributed by atoms with Crippen LogP contribution in [0.3, 0.4) is 0 Å². The minimum absolute atomic E-state index is 0.0304. The van der Waals surface area contributed by atoms with Gasteiger partial charge in [-0.25, -0.2) is 4.79 Å². The van der Waals surface area contributed by atoms with Crippen LogP contribution in [0, 0.1) is 5.92 Å². The van der Waals surface area contributed by atoms with Crippen molar-refractivity contribution in [3.63, 3.8) is 0 Å². The van der Waals surface area contributed by atoms with E-state index in [4.69, 9.17) is 5.73 Å². The van der Waals surface area contributed by atoms with Gasteiger partial charge in [0.05, 0.1) is 19.3 Å². The van der Waals surface area contributed by atoms with E-state index in [0.717, 1.165) is 0 Å². The number of phenols is 1. The lowest BCUT2D eigenvalue weighted by Gasteiger charge is -2.25. The first-order valence-electron chi connectivity index (χ1n) is 15.7. The monoisotopic (exact) mass is 686 g/mol. The number of carboxylic acid groups (broad SMARTS) is 1. The van der Waals surface area contributed by atoms with Crippen LogP contribution in [0.4, 0.5) is 0 Å². The number of aliphatic hydroxyl groups excluding tert-OH is 2. The number of phenolic OH excluding ortho intramolecular Hbond substituents is 1. The summed E-state index contributed by atoms with van der Waals surface area (Å²) in [5.74, 6) is -5.56. The van der Waals surface area contributed by atoms with Crippen LogP contribution in [0.15, 0.2) is 54.6 Å². The zero-order valence-electron chi connectivity index (χ0n) is 27.6. The van der Waals surface area contributed by atoms with Gasteiger partial charge in [0, 0.05) is 12.8 Å². The number of carbonyl (C=O) groups is 6. The molecule has 0 radical (unpaired) electrons. The second kappa shape index (κ2) is 19.7. The molecule has 6 atom stereocenters. The van der Waals surface area contributed by atoms with Crippen LogP contribution in [0.2, 0.25) is 0 Å². The van der Waals surface area contributed by atoms with Crippen molar-refractivity contribution in [3.05, 3.63) is 65.7 Å². The summed E-state index contributed by atoms with van der Waals surface area (Å²) in [6, 6.07) is 6.24. The van der Waals surface area contributed by atoms with Gasteiger partial charge in [-0.3, -0.25) is 24.0 Å². The molecule has 16 nitrogen and oxygen atoms in total. The van der Waals surface area contributed by atoms with Gasteiger partial charge in [0.2, 0.25) is 29.5 Å². The summed E-state index contributed by atoms with van der Waals surface area (Å²) in [6.07, 6.45) is 0.115. The van der Waals surface area contributed by atoms with Crippen molar-refractivity contribution >= 4 is 35.5 Å². The molecule has 0 aliphatic rings. The van der Waals surface area contributed by atoms with Crippen LogP contribution < -0.4 is 32.3 Å². The third kappa shape index (κ3) is 13.5. The molecule has 2 aromatic carbocycles. The topological polar surface area (TPSA) is 270 Å². The average Bonchev–Trinajstić information content (AvgIpc) is 3.05. The van der Waals surface area contributed by atoms with Gasteiger partial charge in [-0.15, -0.1) is 0 Å². The SMILES string of the molecule is CC(C)C[C@H](N)C(=O)N[C@@H](CO)C(=O)N[C@@H](C)C(=O)N[C@@H](Cc1ccccc1)C(=O)N[C@@H](CO)C(=O)N[C@@H](Cc1ccc(O)cc1)C(=O)O. The van der Waals surface area contributed by atoms with Gasteiger partial charge in [-0.1, -0.05) is 56.3 Å². The molecule has 0 fully saturated rings. The lowest BCUT2D eigenvalue weighted by atomic mass is 10.0. The molecule has 268 valence electrons. The van der Waals surface area contributed by atoms with Crippen molar-refractivity contribution in [2.24, 2.45) is 11.7 Å². The molecule has 0 saturated heterocycles. The quantitative estimate of drug-likeness (QED) is 0.0777. The van der Waals surface area contributed by atoms with Gasteiger partial charge in [-0.05, 0) is 42.5 Å². The summed E-state index contributed by atoms with van der Waals surface area (Å²) < 4.78 is 0. The van der Waals surface area contributed by atoms with Crippen molar-refractivity contribution in [1.82, 2.24) is 26.6 Å². The molecule has 0 spiro atoms. The second-order valence-electron chi connectivity index (χ2n) is 12.0. The number of amides is 5. The lowest BCUT2D eigenvalue weighted by molar-refractivity contribution is -0.142. The molecular formula is C33H46N6O10. The molecule has 0 heterocycles. The number of carboxylic acids is 1. The summed E-state index contributed by atoms with van der Waals surface area (Å²) >= 11 is 0. The van der Waals surface area contributed by atoms with E-state index in [9.17, 15) is 49.2 Å². The van der Waals surface area contributed by atoms with E-state index in [0.29, 0.717) is 17.5 Å². The molecule has 0 unspecified atom stereocenters. The summed E-state index contributed by atoms with van der Waals surface area (Å²) in [4.78, 5) is 76.6. The van der Waals surface area contributed by atoms with Crippen LogP contribution in [-0.2, 0) is 41.6 Å². The summed E-state index contributed by atoms with van der Waals surface area (Å²) in [7, 11) is 0. The molecule has 11 N–H and O–H groups in total. The average molecular weight is 687 g/mol. The predicted molar refractivity (Wildman–Crippen MR) is 177 cm³/mol. The molecule has 0 bridgehead atoms. The normalized spacial score (nSPS) is 14.7. The van der Waals surface area contributed by atoms with E-state index >= 15 is 0 Å². The third-order valence-corrected chi connectivity index (χ3v) is 7.35. The smallest absolute Gasteiger partial charge is 0.326 e. The fraction of sp³-hybridized carbons (Fsp3) is 0.455. The standard InChI is InChI=1S/C33H46N6O10/c1-18(2)13-23(34)29(44)38-26(16-40)31(46)35-19(3)28(43)36-24(14-20-7-5-4-6-8-20)30(45)39-27(17-41)32(47)37-25(33(48)49)15-21-9-11-22(42)12-10-21/h4-12,18-19,23-27,40-42H,13-17,34H2,1-3H3,(H,35,46)(H,36,43)(H,37,47)(H,38,44)(H,39,45)(H,48,49)/t19-,23-,24-,25-,26-,27-/m0/s1. The van der Waals surface area contributed by atoms with Gasteiger partial charge in [0.15, 0.2) is 0 Å². The Morgan fingerprint density at radius 1 is 0.612 bits per heavy atom. The summed E-state index contributed by atoms with van der Waals surface area (Å²) in [5.41, 5.74) is 6.96. The Bertz CT molecular complexity index is 1420. The fourth-order valence-corrected chi connectivity index (χ4v) is 4.63. The number of nitrogens with one attached hydrogen (secondary N) is 5. The number of carbonyl (C=O) groups excluding carboxylic acids is 5. The number of aromatic hydroxyl groups is 1. The fourth-order valence-electron chi connectivity index (χ4n) is 4.63. The maximum Gasteiger partial charge on any atom is 0.326 e. The van der Waals surface area contributed by atoms with Gasteiger partial charge in [0.25, 0.3) is 0 Å². The molecule has 2 rings (SSSR count). The first kappa shape index (κ1) is 40.1. The third-order valence-electron chi connectivity index (χ3n) is 7.35. The van der Waals surface area contributed by atoms with Crippen molar-refractivity contribution in [2.45, 2.75) is 76.3 Å². The highest BCUT2D eigenvalue weighted by Gasteiger charge is 2.31. The first-order valence-corrected chi connectivity index (χ1v) is 15.7. The molecule has 0 aromatic heterocycles.